The molecule has 2 unspecified atom stereocenters. The molecule has 2 aliphatic rings. The number of hydrogen-bond acceptors (Lipinski definition) is 4. The topological polar surface area (TPSA) is 35.0 Å². The Hall–Kier alpha value is 0.250. The van der Waals surface area contributed by atoms with Gasteiger partial charge in [0, 0.05) is 5.92 Å². The molecule has 3 rings (SSSR count). The Balaban J connectivity index is 1.84. The highest BCUT2D eigenvalue weighted by Crippen LogP contribution is 2.57. The van der Waals surface area contributed by atoms with E-state index < -0.39 is 0 Å². The smallest absolute Gasteiger partial charge is 0.178 e. The molecule has 2 atom stereocenters. The molecule has 12 heavy (non-hydrogen) atoms. The van der Waals surface area contributed by atoms with Crippen molar-refractivity contribution in [3.8, 4) is 0 Å². The summed E-state index contributed by atoms with van der Waals surface area (Å²) in [4.78, 5) is 0. The van der Waals surface area contributed by atoms with Crippen LogP contribution in [0.25, 0.3) is 0 Å². The van der Waals surface area contributed by atoms with Crippen LogP contribution in [0.4, 0.5) is 0 Å². The lowest BCUT2D eigenvalue weighted by Crippen LogP contribution is -1.96. The molecular formula is C7H7IN2OS. The van der Waals surface area contributed by atoms with Gasteiger partial charge in [0.25, 0.3) is 0 Å². The van der Waals surface area contributed by atoms with E-state index in [-0.39, 0.29) is 0 Å². The number of aromatic nitrogens is 2. The van der Waals surface area contributed by atoms with Crippen LogP contribution in [-0.2, 0) is 4.74 Å². The highest BCUT2D eigenvalue weighted by atomic mass is 127. The maximum absolute atomic E-state index is 5.32. The molecule has 0 radical (unpaired) electrons. The fraction of sp³-hybridized carbons (Fsp3) is 0.714. The van der Waals surface area contributed by atoms with E-state index in [2.05, 4.69) is 32.8 Å². The van der Waals surface area contributed by atoms with Crippen molar-refractivity contribution in [2.75, 3.05) is 13.2 Å². The summed E-state index contributed by atoms with van der Waals surface area (Å²) in [7, 11) is 0. The van der Waals surface area contributed by atoms with E-state index in [1.165, 1.54) is 5.01 Å². The van der Waals surface area contributed by atoms with Crippen LogP contribution < -0.4 is 0 Å². The number of halogens is 1. The predicted molar refractivity (Wildman–Crippen MR) is 53.2 cm³/mol. The normalized spacial score (nSPS) is 38.2. The summed E-state index contributed by atoms with van der Waals surface area (Å²) in [5.74, 6) is 2.20. The minimum absolute atomic E-state index is 0.680. The van der Waals surface area contributed by atoms with Gasteiger partial charge in [-0.05, 0) is 34.4 Å². The molecule has 1 aliphatic heterocycles. The SMILES string of the molecule is Ic1nnc(C2C3COCC32)s1. The Bertz CT molecular complexity index is 306. The highest BCUT2D eigenvalue weighted by Gasteiger charge is 2.56. The van der Waals surface area contributed by atoms with Crippen molar-refractivity contribution < 1.29 is 4.74 Å². The van der Waals surface area contributed by atoms with Crippen molar-refractivity contribution in [3.05, 3.63) is 8.02 Å². The molecule has 2 heterocycles. The van der Waals surface area contributed by atoms with Crippen molar-refractivity contribution in [1.82, 2.24) is 10.2 Å². The first kappa shape index (κ1) is 7.64. The fourth-order valence-corrected chi connectivity index (χ4v) is 3.56. The van der Waals surface area contributed by atoms with Gasteiger partial charge in [-0.2, -0.15) is 0 Å². The number of ether oxygens (including phenoxy) is 1. The Morgan fingerprint density at radius 2 is 2.08 bits per heavy atom. The molecule has 64 valence electrons. The first-order valence-corrected chi connectivity index (χ1v) is 5.82. The van der Waals surface area contributed by atoms with E-state index in [0.717, 1.165) is 28.1 Å². The molecule has 1 saturated carbocycles. The summed E-state index contributed by atoms with van der Waals surface area (Å²) in [5, 5.41) is 9.41. The third kappa shape index (κ3) is 1.03. The summed E-state index contributed by atoms with van der Waals surface area (Å²) in [6.07, 6.45) is 0. The lowest BCUT2D eigenvalue weighted by Gasteiger charge is -1.97. The van der Waals surface area contributed by atoms with E-state index >= 15 is 0 Å². The van der Waals surface area contributed by atoms with Gasteiger partial charge < -0.3 is 4.74 Å². The molecule has 2 fully saturated rings. The third-order valence-electron chi connectivity index (χ3n) is 2.65. The van der Waals surface area contributed by atoms with E-state index in [4.69, 9.17) is 4.74 Å². The third-order valence-corrected chi connectivity index (χ3v) is 4.34. The standard InChI is InChI=1S/C7H7IN2OS/c8-7-10-9-6(12-7)5-3-1-11-2-4(3)5/h3-5H,1-2H2. The quantitative estimate of drug-likeness (QED) is 0.736. The number of nitrogens with zero attached hydrogens (tertiary/aromatic N) is 2. The highest BCUT2D eigenvalue weighted by molar-refractivity contribution is 14.1. The van der Waals surface area contributed by atoms with Crippen molar-refractivity contribution in [2.24, 2.45) is 11.8 Å². The fourth-order valence-electron chi connectivity index (χ4n) is 1.96. The molecule has 1 aromatic heterocycles. The van der Waals surface area contributed by atoms with E-state index in [1.807, 2.05) is 0 Å². The molecular weight excluding hydrogens is 287 g/mol. The maximum Gasteiger partial charge on any atom is 0.178 e. The van der Waals surface area contributed by atoms with Crippen LogP contribution in [0.3, 0.4) is 0 Å². The Labute approximate surface area is 87.7 Å². The molecule has 1 aromatic rings. The Morgan fingerprint density at radius 1 is 1.33 bits per heavy atom. The van der Waals surface area contributed by atoms with Gasteiger partial charge in [0.2, 0.25) is 0 Å². The van der Waals surface area contributed by atoms with Gasteiger partial charge in [-0.15, -0.1) is 10.2 Å². The monoisotopic (exact) mass is 294 g/mol. The second kappa shape index (κ2) is 2.62. The van der Waals surface area contributed by atoms with Gasteiger partial charge in [-0.3, -0.25) is 0 Å². The van der Waals surface area contributed by atoms with Crippen LogP contribution >= 0.6 is 33.9 Å². The Kier molecular flexibility index (Phi) is 1.67. The zero-order valence-corrected chi connectivity index (χ0v) is 9.21. The van der Waals surface area contributed by atoms with Crippen LogP contribution in [0.1, 0.15) is 10.9 Å². The first-order chi connectivity index (χ1) is 5.86. The molecule has 1 aliphatic carbocycles. The second-order valence-electron chi connectivity index (χ2n) is 3.28. The largest absolute Gasteiger partial charge is 0.381 e. The molecule has 0 amide bonds. The molecule has 0 aromatic carbocycles. The van der Waals surface area contributed by atoms with E-state index in [0.29, 0.717) is 5.92 Å². The summed E-state index contributed by atoms with van der Waals surface area (Å²) < 4.78 is 6.37. The van der Waals surface area contributed by atoms with Gasteiger partial charge in [0.15, 0.2) is 3.01 Å². The predicted octanol–water partition coefficient (Wildman–Crippen LogP) is 1.50. The Morgan fingerprint density at radius 3 is 2.67 bits per heavy atom. The van der Waals surface area contributed by atoms with Crippen molar-refractivity contribution >= 4 is 33.9 Å². The molecule has 1 saturated heterocycles. The number of rotatable bonds is 1. The molecule has 0 bridgehead atoms. The van der Waals surface area contributed by atoms with Crippen LogP contribution in [0.5, 0.6) is 0 Å². The van der Waals surface area contributed by atoms with Crippen molar-refractivity contribution in [1.29, 1.82) is 0 Å². The summed E-state index contributed by atoms with van der Waals surface area (Å²) in [5.41, 5.74) is 0. The summed E-state index contributed by atoms with van der Waals surface area (Å²) in [6, 6.07) is 0. The first-order valence-electron chi connectivity index (χ1n) is 3.93. The average molecular weight is 294 g/mol. The van der Waals surface area contributed by atoms with E-state index in [1.54, 1.807) is 11.3 Å². The van der Waals surface area contributed by atoms with Crippen LogP contribution in [0.15, 0.2) is 0 Å². The number of hydrogen-bond donors (Lipinski definition) is 0. The molecule has 3 nitrogen and oxygen atoms in total. The molecule has 5 heteroatoms. The van der Waals surface area contributed by atoms with Gasteiger partial charge >= 0.3 is 0 Å². The second-order valence-corrected chi connectivity index (χ2v) is 6.05. The van der Waals surface area contributed by atoms with Gasteiger partial charge in [-0.1, -0.05) is 11.3 Å². The lowest BCUT2D eigenvalue weighted by atomic mass is 10.3. The molecule has 0 spiro atoms. The maximum atomic E-state index is 5.32. The minimum Gasteiger partial charge on any atom is -0.381 e. The zero-order valence-electron chi connectivity index (χ0n) is 6.24. The van der Waals surface area contributed by atoms with E-state index in [9.17, 15) is 0 Å². The van der Waals surface area contributed by atoms with Crippen LogP contribution in [0.2, 0.25) is 0 Å². The lowest BCUT2D eigenvalue weighted by molar-refractivity contribution is 0.160. The minimum atomic E-state index is 0.680. The van der Waals surface area contributed by atoms with Crippen LogP contribution in [-0.4, -0.2) is 23.4 Å². The van der Waals surface area contributed by atoms with Gasteiger partial charge in [-0.25, -0.2) is 0 Å². The van der Waals surface area contributed by atoms with Crippen molar-refractivity contribution in [2.45, 2.75) is 5.92 Å². The zero-order chi connectivity index (χ0) is 8.13. The number of fused-ring (bicyclic) bond motifs is 1. The van der Waals surface area contributed by atoms with Gasteiger partial charge in [0.05, 0.1) is 13.2 Å². The van der Waals surface area contributed by atoms with Gasteiger partial charge in [0.1, 0.15) is 5.01 Å². The summed E-state index contributed by atoms with van der Waals surface area (Å²) in [6.45, 7) is 1.87. The van der Waals surface area contributed by atoms with Crippen molar-refractivity contribution in [3.63, 3.8) is 0 Å². The van der Waals surface area contributed by atoms with Crippen LogP contribution in [0, 0.1) is 14.9 Å². The molecule has 0 N–H and O–H groups in total. The summed E-state index contributed by atoms with van der Waals surface area (Å²) >= 11 is 3.94. The average Bonchev–Trinajstić information content (AvgIpc) is 2.55.